The molecule has 0 saturated heterocycles. The Morgan fingerprint density at radius 1 is 1.08 bits per heavy atom. The molecule has 4 rings (SSSR count). The molecule has 1 aliphatic carbocycles. The molecule has 24 heavy (non-hydrogen) atoms. The lowest BCUT2D eigenvalue weighted by atomic mass is 10.1. The van der Waals surface area contributed by atoms with Gasteiger partial charge in [0.15, 0.2) is 0 Å². The van der Waals surface area contributed by atoms with Crippen LogP contribution >= 0.6 is 0 Å². The summed E-state index contributed by atoms with van der Waals surface area (Å²) in [5.41, 5.74) is 2.51. The minimum atomic E-state index is 0.480. The molecule has 122 valence electrons. The minimum absolute atomic E-state index is 0.480. The quantitative estimate of drug-likeness (QED) is 0.723. The van der Waals surface area contributed by atoms with Crippen molar-refractivity contribution in [3.8, 4) is 5.75 Å². The lowest BCUT2D eigenvalue weighted by molar-refractivity contribution is 0.306. The zero-order valence-electron chi connectivity index (χ0n) is 13.3. The van der Waals surface area contributed by atoms with Gasteiger partial charge in [-0.1, -0.05) is 42.5 Å². The molecule has 0 aliphatic heterocycles. The van der Waals surface area contributed by atoms with E-state index in [9.17, 15) is 0 Å². The number of hydrogen-bond acceptors (Lipinski definition) is 5. The van der Waals surface area contributed by atoms with Crippen molar-refractivity contribution < 1.29 is 9.15 Å². The molecule has 1 fully saturated rings. The van der Waals surface area contributed by atoms with E-state index in [2.05, 4.69) is 39.8 Å². The molecular formula is C19H19N3O2. The van der Waals surface area contributed by atoms with Crippen LogP contribution in [0.25, 0.3) is 0 Å². The van der Waals surface area contributed by atoms with E-state index in [1.54, 1.807) is 0 Å². The van der Waals surface area contributed by atoms with Crippen molar-refractivity contribution in [1.29, 1.82) is 0 Å². The summed E-state index contributed by atoms with van der Waals surface area (Å²) < 4.78 is 11.0. The normalized spacial score (nSPS) is 19.2. The molecule has 3 aromatic rings. The summed E-state index contributed by atoms with van der Waals surface area (Å²) in [5.74, 6) is 2.08. The molecule has 1 heterocycles. The summed E-state index contributed by atoms with van der Waals surface area (Å²) in [5, 5.41) is 11.0. The Balaban J connectivity index is 1.27. The zero-order chi connectivity index (χ0) is 16.2. The molecule has 0 spiro atoms. The second kappa shape index (κ2) is 6.84. The van der Waals surface area contributed by atoms with Crippen LogP contribution in [0.1, 0.15) is 29.4 Å². The van der Waals surface area contributed by atoms with E-state index in [-0.39, 0.29) is 0 Å². The second-order valence-corrected chi connectivity index (χ2v) is 6.01. The Bertz CT molecular complexity index is 757. The summed E-state index contributed by atoms with van der Waals surface area (Å²) in [6.07, 6.45) is 2.49. The van der Waals surface area contributed by atoms with E-state index >= 15 is 0 Å². The van der Waals surface area contributed by atoms with Crippen LogP contribution in [0.15, 0.2) is 65.4 Å². The SMILES string of the molecule is c1ccc(COc2ccc(C3CC3NCc3nnco3)cc2)cc1. The first kappa shape index (κ1) is 14.9. The van der Waals surface area contributed by atoms with Gasteiger partial charge in [0.2, 0.25) is 12.3 Å². The predicted molar refractivity (Wildman–Crippen MR) is 89.5 cm³/mol. The zero-order valence-corrected chi connectivity index (χ0v) is 13.3. The first-order chi connectivity index (χ1) is 11.9. The van der Waals surface area contributed by atoms with Gasteiger partial charge in [-0.2, -0.15) is 0 Å². The summed E-state index contributed by atoms with van der Waals surface area (Å²) in [6, 6.07) is 19.1. The van der Waals surface area contributed by atoms with Crippen LogP contribution in [-0.2, 0) is 13.2 Å². The van der Waals surface area contributed by atoms with Gasteiger partial charge in [-0.05, 0) is 29.7 Å². The molecule has 1 aromatic heterocycles. The lowest BCUT2D eigenvalue weighted by Crippen LogP contribution is -2.17. The Morgan fingerprint density at radius 3 is 2.67 bits per heavy atom. The molecule has 2 aromatic carbocycles. The smallest absolute Gasteiger partial charge is 0.229 e. The maximum Gasteiger partial charge on any atom is 0.229 e. The van der Waals surface area contributed by atoms with Crippen molar-refractivity contribution in [3.63, 3.8) is 0 Å². The highest BCUT2D eigenvalue weighted by Gasteiger charge is 2.37. The first-order valence-corrected chi connectivity index (χ1v) is 8.13. The maximum atomic E-state index is 5.83. The number of aromatic nitrogens is 2. The molecular weight excluding hydrogens is 302 g/mol. The molecule has 1 N–H and O–H groups in total. The molecule has 0 amide bonds. The third-order valence-electron chi connectivity index (χ3n) is 4.27. The Morgan fingerprint density at radius 2 is 1.92 bits per heavy atom. The molecule has 0 bridgehead atoms. The van der Waals surface area contributed by atoms with Crippen molar-refractivity contribution in [3.05, 3.63) is 78.0 Å². The van der Waals surface area contributed by atoms with Gasteiger partial charge in [0.25, 0.3) is 0 Å². The van der Waals surface area contributed by atoms with Gasteiger partial charge in [-0.3, -0.25) is 0 Å². The molecule has 1 saturated carbocycles. The van der Waals surface area contributed by atoms with Crippen LogP contribution in [0.4, 0.5) is 0 Å². The number of nitrogens with zero attached hydrogens (tertiary/aromatic N) is 2. The van der Waals surface area contributed by atoms with E-state index < -0.39 is 0 Å². The number of rotatable bonds is 7. The third-order valence-corrected chi connectivity index (χ3v) is 4.27. The van der Waals surface area contributed by atoms with Gasteiger partial charge in [-0.25, -0.2) is 0 Å². The Hall–Kier alpha value is -2.66. The fraction of sp³-hybridized carbons (Fsp3) is 0.263. The third kappa shape index (κ3) is 3.63. The van der Waals surface area contributed by atoms with Crippen molar-refractivity contribution >= 4 is 0 Å². The van der Waals surface area contributed by atoms with Crippen LogP contribution in [0.3, 0.4) is 0 Å². The fourth-order valence-electron chi connectivity index (χ4n) is 2.83. The summed E-state index contributed by atoms with van der Waals surface area (Å²) in [4.78, 5) is 0. The van der Waals surface area contributed by atoms with Gasteiger partial charge in [0, 0.05) is 12.0 Å². The fourth-order valence-corrected chi connectivity index (χ4v) is 2.83. The minimum Gasteiger partial charge on any atom is -0.489 e. The highest BCUT2D eigenvalue weighted by atomic mass is 16.5. The van der Waals surface area contributed by atoms with E-state index in [1.165, 1.54) is 17.5 Å². The van der Waals surface area contributed by atoms with Crippen molar-refractivity contribution in [2.75, 3.05) is 0 Å². The van der Waals surface area contributed by atoms with Gasteiger partial charge in [-0.15, -0.1) is 10.2 Å². The average molecular weight is 321 g/mol. The Kier molecular flexibility index (Phi) is 4.25. The van der Waals surface area contributed by atoms with Crippen LogP contribution in [0.2, 0.25) is 0 Å². The molecule has 2 unspecified atom stereocenters. The van der Waals surface area contributed by atoms with Crippen LogP contribution in [0.5, 0.6) is 5.75 Å². The topological polar surface area (TPSA) is 60.2 Å². The molecule has 0 radical (unpaired) electrons. The van der Waals surface area contributed by atoms with Crippen LogP contribution in [-0.4, -0.2) is 16.2 Å². The monoisotopic (exact) mass is 321 g/mol. The standard InChI is InChI=1S/C19H19N3O2/c1-2-4-14(5-3-1)12-23-16-8-6-15(7-9-16)17-10-18(17)20-11-19-22-21-13-24-19/h1-9,13,17-18,20H,10-12H2. The summed E-state index contributed by atoms with van der Waals surface area (Å²) in [6.45, 7) is 1.22. The maximum absolute atomic E-state index is 5.83. The van der Waals surface area contributed by atoms with Crippen molar-refractivity contribution in [2.45, 2.75) is 31.5 Å². The molecule has 5 nitrogen and oxygen atoms in total. The Labute approximate surface area is 140 Å². The van der Waals surface area contributed by atoms with Crippen LogP contribution in [0, 0.1) is 0 Å². The summed E-state index contributed by atoms with van der Waals surface area (Å²) in [7, 11) is 0. The number of hydrogen-bond donors (Lipinski definition) is 1. The highest BCUT2D eigenvalue weighted by molar-refractivity contribution is 5.34. The van der Waals surface area contributed by atoms with Crippen molar-refractivity contribution in [1.82, 2.24) is 15.5 Å². The predicted octanol–water partition coefficient (Wildman–Crippen LogP) is 3.29. The average Bonchev–Trinajstić information content (AvgIpc) is 3.23. The number of ether oxygens (including phenoxy) is 1. The van der Waals surface area contributed by atoms with Gasteiger partial charge in [0.1, 0.15) is 12.4 Å². The highest BCUT2D eigenvalue weighted by Crippen LogP contribution is 2.41. The molecule has 2 atom stereocenters. The van der Waals surface area contributed by atoms with Gasteiger partial charge < -0.3 is 14.5 Å². The van der Waals surface area contributed by atoms with Gasteiger partial charge in [0.05, 0.1) is 6.54 Å². The van der Waals surface area contributed by atoms with Gasteiger partial charge >= 0.3 is 0 Å². The van der Waals surface area contributed by atoms with Crippen LogP contribution < -0.4 is 10.1 Å². The van der Waals surface area contributed by atoms with E-state index in [0.717, 1.165) is 12.2 Å². The van der Waals surface area contributed by atoms with Crippen molar-refractivity contribution in [2.24, 2.45) is 0 Å². The van der Waals surface area contributed by atoms with E-state index in [1.807, 2.05) is 30.3 Å². The number of nitrogens with one attached hydrogen (secondary N) is 1. The summed E-state index contributed by atoms with van der Waals surface area (Å²) >= 11 is 0. The molecule has 1 aliphatic rings. The van der Waals surface area contributed by atoms with E-state index in [0.29, 0.717) is 31.0 Å². The first-order valence-electron chi connectivity index (χ1n) is 8.13. The molecule has 5 heteroatoms. The van der Waals surface area contributed by atoms with E-state index in [4.69, 9.17) is 9.15 Å². The second-order valence-electron chi connectivity index (χ2n) is 6.01. The lowest BCUT2D eigenvalue weighted by Gasteiger charge is -2.07. The number of benzene rings is 2. The largest absolute Gasteiger partial charge is 0.489 e.